The van der Waals surface area contributed by atoms with Gasteiger partial charge in [-0.05, 0) is 37.0 Å². The summed E-state index contributed by atoms with van der Waals surface area (Å²) in [7, 11) is 0. The molecule has 2 amide bonds. The van der Waals surface area contributed by atoms with Crippen molar-refractivity contribution in [2.45, 2.75) is 44.3 Å². The quantitative estimate of drug-likeness (QED) is 0.833. The summed E-state index contributed by atoms with van der Waals surface area (Å²) in [4.78, 5) is 37.6. The molecule has 0 bridgehead atoms. The first kappa shape index (κ1) is 15.9. The molecule has 7 heteroatoms. The first-order valence-corrected chi connectivity index (χ1v) is 7.91. The van der Waals surface area contributed by atoms with Crippen LogP contribution < -0.4 is 5.32 Å². The number of ketones is 1. The zero-order valence-corrected chi connectivity index (χ0v) is 13.1. The second-order valence-corrected chi connectivity index (χ2v) is 6.34. The van der Waals surface area contributed by atoms with Gasteiger partial charge in [-0.1, -0.05) is 17.7 Å². The molecule has 0 radical (unpaired) electrons. The van der Waals surface area contributed by atoms with Crippen molar-refractivity contribution in [1.29, 1.82) is 0 Å². The fourth-order valence-electron chi connectivity index (χ4n) is 2.67. The third-order valence-electron chi connectivity index (χ3n) is 4.10. The number of carbonyl (C=O) groups is 3. The van der Waals surface area contributed by atoms with Crippen LogP contribution in [0.15, 0.2) is 18.2 Å². The number of hydrogen-bond acceptors (Lipinski definition) is 3. The number of carbonyl (C=O) groups excluding carboxylic acids is 3. The minimum atomic E-state index is -0.778. The Morgan fingerprint density at radius 1 is 1.30 bits per heavy atom. The molecule has 1 aliphatic heterocycles. The molecule has 122 valence electrons. The molecule has 5 nitrogen and oxygen atoms in total. The SMILES string of the molecule is O=C(NC1CC1)C(=O)C1CCC(=O)N1Cc1ccc(Cl)c(F)c1. The lowest BCUT2D eigenvalue weighted by Gasteiger charge is -2.23. The van der Waals surface area contributed by atoms with Gasteiger partial charge in [-0.3, -0.25) is 14.4 Å². The molecule has 1 atom stereocenters. The Morgan fingerprint density at radius 2 is 2.04 bits per heavy atom. The molecular weight excluding hydrogens is 323 g/mol. The van der Waals surface area contributed by atoms with Crippen molar-refractivity contribution in [3.8, 4) is 0 Å². The molecule has 2 fully saturated rings. The maximum atomic E-state index is 13.5. The molecule has 0 aromatic heterocycles. The number of rotatable bonds is 5. The molecule has 1 saturated heterocycles. The summed E-state index contributed by atoms with van der Waals surface area (Å²) in [5, 5.41) is 2.64. The highest BCUT2D eigenvalue weighted by Gasteiger charge is 2.39. The van der Waals surface area contributed by atoms with E-state index < -0.39 is 23.5 Å². The lowest BCUT2D eigenvalue weighted by molar-refractivity contribution is -0.143. The Kier molecular flexibility index (Phi) is 4.35. The van der Waals surface area contributed by atoms with Crippen LogP contribution in [0.1, 0.15) is 31.2 Å². The standard InChI is InChI=1S/C16H16ClFN2O3/c17-11-4-1-9(7-12(11)18)8-20-13(5-6-14(20)21)15(22)16(23)19-10-2-3-10/h1,4,7,10,13H,2-3,5-6,8H2,(H,19,23). The van der Waals surface area contributed by atoms with Gasteiger partial charge in [0.15, 0.2) is 0 Å². The first-order chi connectivity index (χ1) is 11.0. The van der Waals surface area contributed by atoms with Gasteiger partial charge in [0.25, 0.3) is 5.91 Å². The number of hydrogen-bond donors (Lipinski definition) is 1. The van der Waals surface area contributed by atoms with Crippen molar-refractivity contribution in [2.24, 2.45) is 0 Å². The molecule has 1 N–H and O–H groups in total. The average molecular weight is 339 g/mol. The van der Waals surface area contributed by atoms with Crippen molar-refractivity contribution in [3.05, 3.63) is 34.6 Å². The Morgan fingerprint density at radius 3 is 2.70 bits per heavy atom. The van der Waals surface area contributed by atoms with Crippen molar-refractivity contribution >= 4 is 29.2 Å². The smallest absolute Gasteiger partial charge is 0.289 e. The van der Waals surface area contributed by atoms with E-state index in [4.69, 9.17) is 11.6 Å². The van der Waals surface area contributed by atoms with Gasteiger partial charge < -0.3 is 10.2 Å². The second kappa shape index (κ2) is 6.28. The van der Waals surface area contributed by atoms with Crippen LogP contribution in [-0.2, 0) is 20.9 Å². The zero-order chi connectivity index (χ0) is 16.6. The number of amides is 2. The van der Waals surface area contributed by atoms with Crippen molar-refractivity contribution in [3.63, 3.8) is 0 Å². The van der Waals surface area contributed by atoms with E-state index in [1.54, 1.807) is 6.07 Å². The van der Waals surface area contributed by atoms with Gasteiger partial charge in [0.1, 0.15) is 11.9 Å². The van der Waals surface area contributed by atoms with Crippen LogP contribution in [-0.4, -0.2) is 34.6 Å². The summed E-state index contributed by atoms with van der Waals surface area (Å²) in [5.41, 5.74) is 0.530. The van der Waals surface area contributed by atoms with Crippen LogP contribution in [0, 0.1) is 5.82 Å². The summed E-state index contributed by atoms with van der Waals surface area (Å²) in [6.07, 6.45) is 2.29. The molecule has 1 aromatic carbocycles. The first-order valence-electron chi connectivity index (χ1n) is 7.54. The van der Waals surface area contributed by atoms with Gasteiger partial charge in [0.05, 0.1) is 5.02 Å². The average Bonchev–Trinajstić information content (AvgIpc) is 3.26. The fourth-order valence-corrected chi connectivity index (χ4v) is 2.79. The number of nitrogens with zero attached hydrogens (tertiary/aromatic N) is 1. The normalized spacial score (nSPS) is 20.7. The van der Waals surface area contributed by atoms with Gasteiger partial charge in [-0.2, -0.15) is 0 Å². The Bertz CT molecular complexity index is 675. The van der Waals surface area contributed by atoms with Crippen LogP contribution in [0.4, 0.5) is 4.39 Å². The highest BCUT2D eigenvalue weighted by atomic mass is 35.5. The molecular formula is C16H16ClFN2O3. The zero-order valence-electron chi connectivity index (χ0n) is 12.4. The summed E-state index contributed by atoms with van der Waals surface area (Å²) in [6.45, 7) is 0.0834. The van der Waals surface area contributed by atoms with Gasteiger partial charge in [-0.25, -0.2) is 4.39 Å². The number of nitrogens with one attached hydrogen (secondary N) is 1. The Labute approximate surface area is 137 Å². The van der Waals surface area contributed by atoms with Gasteiger partial charge >= 0.3 is 0 Å². The van der Waals surface area contributed by atoms with E-state index in [1.165, 1.54) is 17.0 Å². The van der Waals surface area contributed by atoms with Gasteiger partial charge in [0, 0.05) is 19.0 Å². The van der Waals surface area contributed by atoms with Crippen LogP contribution >= 0.6 is 11.6 Å². The van der Waals surface area contributed by atoms with Crippen molar-refractivity contribution < 1.29 is 18.8 Å². The Balaban J connectivity index is 1.72. The second-order valence-electron chi connectivity index (χ2n) is 5.94. The third kappa shape index (κ3) is 3.52. The maximum absolute atomic E-state index is 13.5. The van der Waals surface area contributed by atoms with E-state index in [1.807, 2.05) is 0 Å². The summed E-state index contributed by atoms with van der Waals surface area (Å²) in [6, 6.07) is 3.55. The number of benzene rings is 1. The predicted molar refractivity (Wildman–Crippen MR) is 81.2 cm³/mol. The highest BCUT2D eigenvalue weighted by Crippen LogP contribution is 2.25. The van der Waals surface area contributed by atoms with Crippen LogP contribution in [0.3, 0.4) is 0 Å². The maximum Gasteiger partial charge on any atom is 0.289 e. The van der Waals surface area contributed by atoms with Crippen molar-refractivity contribution in [2.75, 3.05) is 0 Å². The third-order valence-corrected chi connectivity index (χ3v) is 4.41. The Hall–Kier alpha value is -1.95. The fraction of sp³-hybridized carbons (Fsp3) is 0.438. The number of likely N-dealkylation sites (tertiary alicyclic amines) is 1. The monoisotopic (exact) mass is 338 g/mol. The van der Waals surface area contributed by atoms with E-state index in [9.17, 15) is 18.8 Å². The van der Waals surface area contributed by atoms with Gasteiger partial charge in [0.2, 0.25) is 11.7 Å². The van der Waals surface area contributed by atoms with Crippen LogP contribution in [0.25, 0.3) is 0 Å². The van der Waals surface area contributed by atoms with E-state index >= 15 is 0 Å². The summed E-state index contributed by atoms with van der Waals surface area (Å²) >= 11 is 5.64. The molecule has 1 saturated carbocycles. The molecule has 0 spiro atoms. The lowest BCUT2D eigenvalue weighted by atomic mass is 10.1. The molecule has 1 heterocycles. The van der Waals surface area contributed by atoms with E-state index in [-0.39, 0.29) is 29.9 Å². The molecule has 3 rings (SSSR count). The lowest BCUT2D eigenvalue weighted by Crippen LogP contribution is -2.45. The van der Waals surface area contributed by atoms with E-state index in [2.05, 4.69) is 5.32 Å². The molecule has 23 heavy (non-hydrogen) atoms. The van der Waals surface area contributed by atoms with Crippen LogP contribution in [0.2, 0.25) is 5.02 Å². The topological polar surface area (TPSA) is 66.5 Å². The van der Waals surface area contributed by atoms with E-state index in [0.717, 1.165) is 12.8 Å². The number of Topliss-reactive ketones (excluding diaryl/α,β-unsaturated/α-hetero) is 1. The van der Waals surface area contributed by atoms with Gasteiger partial charge in [-0.15, -0.1) is 0 Å². The summed E-state index contributed by atoms with van der Waals surface area (Å²) in [5.74, 6) is -2.03. The predicted octanol–water partition coefficient (Wildman–Crippen LogP) is 1.82. The van der Waals surface area contributed by atoms with Crippen molar-refractivity contribution in [1.82, 2.24) is 10.2 Å². The highest BCUT2D eigenvalue weighted by molar-refractivity contribution is 6.38. The minimum Gasteiger partial charge on any atom is -0.347 e. The number of halogens is 2. The minimum absolute atomic E-state index is 0.00191. The largest absolute Gasteiger partial charge is 0.347 e. The molecule has 1 aliphatic carbocycles. The molecule has 2 aliphatic rings. The van der Waals surface area contributed by atoms with E-state index in [0.29, 0.717) is 12.0 Å². The molecule has 1 aromatic rings. The molecule has 1 unspecified atom stereocenters. The van der Waals surface area contributed by atoms with Crippen LogP contribution in [0.5, 0.6) is 0 Å². The summed E-state index contributed by atoms with van der Waals surface area (Å²) < 4.78 is 13.5.